The SMILES string of the molecule is COC(=O)c1ccc(N2C(=O)[C@@H]3[C@@H](c4ccc(C(F)(F)F)cc4)N(c4ccc(Cl)cc4)O[C@H]3C2=O)cc1. The number of amides is 2. The highest BCUT2D eigenvalue weighted by atomic mass is 35.5. The van der Waals surface area contributed by atoms with Gasteiger partial charge in [0.05, 0.1) is 35.7 Å². The molecule has 3 aromatic carbocycles. The lowest BCUT2D eigenvalue weighted by molar-refractivity contribution is -0.137. The summed E-state index contributed by atoms with van der Waals surface area (Å²) in [7, 11) is 1.23. The maximum atomic E-state index is 13.6. The van der Waals surface area contributed by atoms with Crippen LogP contribution in [0.25, 0.3) is 0 Å². The summed E-state index contributed by atoms with van der Waals surface area (Å²) in [5.41, 5.74) is 0.451. The van der Waals surface area contributed by atoms with Gasteiger partial charge in [-0.25, -0.2) is 14.8 Å². The van der Waals surface area contributed by atoms with Gasteiger partial charge in [-0.3, -0.25) is 14.4 Å². The number of fused-ring (bicyclic) bond motifs is 1. The van der Waals surface area contributed by atoms with Crippen LogP contribution in [0.3, 0.4) is 0 Å². The number of imide groups is 1. The number of rotatable bonds is 4. The second-order valence-electron chi connectivity index (χ2n) is 8.47. The van der Waals surface area contributed by atoms with Gasteiger partial charge in [-0.05, 0) is 66.2 Å². The molecular formula is C26H18ClF3N2O5. The van der Waals surface area contributed by atoms with Gasteiger partial charge < -0.3 is 4.74 Å². The van der Waals surface area contributed by atoms with Crippen LogP contribution in [0.4, 0.5) is 24.5 Å². The highest BCUT2D eigenvalue weighted by Gasteiger charge is 2.60. The third-order valence-corrected chi connectivity index (χ3v) is 6.57. The van der Waals surface area contributed by atoms with E-state index in [0.717, 1.165) is 17.0 Å². The van der Waals surface area contributed by atoms with Crippen molar-refractivity contribution in [3.63, 3.8) is 0 Å². The standard InChI is InChI=1S/C26H18ClF3N2O5/c1-36-25(35)15-4-10-18(11-5-15)31-23(33)20-21(14-2-6-16(7-3-14)26(28,29)30)32(37-22(20)24(31)34)19-12-8-17(27)9-13-19/h2-13,20-22H,1H3/t20-,21-,22-/m1/s1. The van der Waals surface area contributed by atoms with Crippen molar-refractivity contribution in [3.8, 4) is 0 Å². The number of nitrogens with zero attached hydrogens (tertiary/aromatic N) is 2. The first-order valence-electron chi connectivity index (χ1n) is 11.0. The Kier molecular flexibility index (Phi) is 6.17. The fraction of sp³-hybridized carbons (Fsp3) is 0.192. The molecule has 11 heteroatoms. The first-order valence-corrected chi connectivity index (χ1v) is 11.4. The number of halogens is 4. The Balaban J connectivity index is 1.53. The van der Waals surface area contributed by atoms with Gasteiger partial charge in [0.2, 0.25) is 5.91 Å². The van der Waals surface area contributed by atoms with Crippen LogP contribution >= 0.6 is 11.6 Å². The second kappa shape index (κ2) is 9.20. The van der Waals surface area contributed by atoms with Gasteiger partial charge in [0, 0.05) is 5.02 Å². The fourth-order valence-corrected chi connectivity index (χ4v) is 4.68. The number of esters is 1. The molecule has 3 aromatic rings. The summed E-state index contributed by atoms with van der Waals surface area (Å²) >= 11 is 5.99. The van der Waals surface area contributed by atoms with Crippen molar-refractivity contribution < 1.29 is 37.1 Å². The molecule has 2 saturated heterocycles. The van der Waals surface area contributed by atoms with Crippen LogP contribution in [0.15, 0.2) is 72.8 Å². The van der Waals surface area contributed by atoms with Gasteiger partial charge in [-0.2, -0.15) is 13.2 Å². The fourth-order valence-electron chi connectivity index (χ4n) is 4.55. The van der Waals surface area contributed by atoms with Crippen LogP contribution in [-0.2, 0) is 25.3 Å². The van der Waals surface area contributed by atoms with Crippen molar-refractivity contribution in [1.82, 2.24) is 0 Å². The summed E-state index contributed by atoms with van der Waals surface area (Å²) in [6, 6.07) is 15.6. The van der Waals surface area contributed by atoms with Gasteiger partial charge >= 0.3 is 12.1 Å². The predicted octanol–water partition coefficient (Wildman–Crippen LogP) is 5.20. The van der Waals surface area contributed by atoms with E-state index in [-0.39, 0.29) is 11.3 Å². The number of hydrogen-bond acceptors (Lipinski definition) is 6. The summed E-state index contributed by atoms with van der Waals surface area (Å²) in [5.74, 6) is -2.83. The predicted molar refractivity (Wildman–Crippen MR) is 127 cm³/mol. The molecular weight excluding hydrogens is 513 g/mol. The number of alkyl halides is 3. The molecule has 0 saturated carbocycles. The zero-order valence-corrected chi connectivity index (χ0v) is 19.9. The van der Waals surface area contributed by atoms with E-state index < -0.39 is 47.6 Å². The molecule has 0 radical (unpaired) electrons. The highest BCUT2D eigenvalue weighted by Crippen LogP contribution is 2.48. The second-order valence-corrected chi connectivity index (χ2v) is 8.91. The average molecular weight is 531 g/mol. The molecule has 0 unspecified atom stereocenters. The Bertz CT molecular complexity index is 1360. The van der Waals surface area contributed by atoms with Gasteiger partial charge in [0.1, 0.15) is 5.92 Å². The van der Waals surface area contributed by atoms with E-state index in [4.69, 9.17) is 16.4 Å². The molecule has 3 atom stereocenters. The summed E-state index contributed by atoms with van der Waals surface area (Å²) < 4.78 is 44.2. The first kappa shape index (κ1) is 24.8. The molecule has 0 bridgehead atoms. The van der Waals surface area contributed by atoms with E-state index in [9.17, 15) is 27.6 Å². The maximum absolute atomic E-state index is 13.6. The Morgan fingerprint density at radius 3 is 2.05 bits per heavy atom. The lowest BCUT2D eigenvalue weighted by Gasteiger charge is -2.29. The number of carbonyl (C=O) groups is 3. The first-order chi connectivity index (χ1) is 17.6. The van der Waals surface area contributed by atoms with Crippen LogP contribution in [0.5, 0.6) is 0 Å². The zero-order chi connectivity index (χ0) is 26.5. The van der Waals surface area contributed by atoms with Crippen LogP contribution in [0.2, 0.25) is 5.02 Å². The minimum absolute atomic E-state index is 0.227. The molecule has 2 heterocycles. The van der Waals surface area contributed by atoms with Crippen LogP contribution in [-0.4, -0.2) is 31.0 Å². The van der Waals surface area contributed by atoms with E-state index in [1.54, 1.807) is 24.3 Å². The molecule has 0 N–H and O–H groups in total. The van der Waals surface area contributed by atoms with Crippen molar-refractivity contribution in [2.45, 2.75) is 18.3 Å². The lowest BCUT2D eigenvalue weighted by atomic mass is 9.90. The Morgan fingerprint density at radius 2 is 1.49 bits per heavy atom. The molecule has 2 amide bonds. The van der Waals surface area contributed by atoms with Gasteiger partial charge in [0.25, 0.3) is 5.91 Å². The van der Waals surface area contributed by atoms with Crippen molar-refractivity contribution in [2.24, 2.45) is 5.92 Å². The van der Waals surface area contributed by atoms with E-state index in [2.05, 4.69) is 4.74 Å². The van der Waals surface area contributed by atoms with E-state index in [1.807, 2.05) is 0 Å². The highest BCUT2D eigenvalue weighted by molar-refractivity contribution is 6.30. The summed E-state index contributed by atoms with van der Waals surface area (Å²) in [6.07, 6.45) is -5.74. The molecule has 0 aromatic heterocycles. The van der Waals surface area contributed by atoms with Crippen molar-refractivity contribution in [1.29, 1.82) is 0 Å². The van der Waals surface area contributed by atoms with Crippen LogP contribution < -0.4 is 9.96 Å². The molecule has 2 aliphatic rings. The minimum Gasteiger partial charge on any atom is -0.465 e. The molecule has 190 valence electrons. The number of carbonyl (C=O) groups excluding carboxylic acids is 3. The monoisotopic (exact) mass is 530 g/mol. The summed E-state index contributed by atoms with van der Waals surface area (Å²) in [4.78, 5) is 45.7. The Hall–Kier alpha value is -3.89. The largest absolute Gasteiger partial charge is 0.465 e. The maximum Gasteiger partial charge on any atom is 0.416 e. The third-order valence-electron chi connectivity index (χ3n) is 6.32. The average Bonchev–Trinajstić information content (AvgIpc) is 3.39. The van der Waals surface area contributed by atoms with Gasteiger partial charge in [0.15, 0.2) is 6.10 Å². The quantitative estimate of drug-likeness (QED) is 0.341. The lowest BCUT2D eigenvalue weighted by Crippen LogP contribution is -2.37. The Morgan fingerprint density at radius 1 is 0.892 bits per heavy atom. The molecule has 0 spiro atoms. The van der Waals surface area contributed by atoms with Crippen LogP contribution in [0, 0.1) is 5.92 Å². The number of hydrogen-bond donors (Lipinski definition) is 0. The molecule has 5 rings (SSSR count). The zero-order valence-electron chi connectivity index (χ0n) is 19.1. The minimum atomic E-state index is -4.53. The van der Waals surface area contributed by atoms with Gasteiger partial charge in [-0.1, -0.05) is 23.7 Å². The van der Waals surface area contributed by atoms with Crippen molar-refractivity contribution in [3.05, 3.63) is 94.5 Å². The number of anilines is 2. The summed E-state index contributed by atoms with van der Waals surface area (Å²) in [5, 5.41) is 1.81. The molecule has 7 nitrogen and oxygen atoms in total. The Labute approximate surface area is 213 Å². The topological polar surface area (TPSA) is 76.2 Å². The number of benzene rings is 3. The van der Waals surface area contributed by atoms with E-state index in [0.29, 0.717) is 16.3 Å². The van der Waals surface area contributed by atoms with E-state index >= 15 is 0 Å². The normalized spacial score (nSPS) is 21.4. The molecule has 2 aliphatic heterocycles. The number of hydroxylamine groups is 1. The number of methoxy groups -OCH3 is 1. The van der Waals surface area contributed by atoms with Gasteiger partial charge in [-0.15, -0.1) is 0 Å². The van der Waals surface area contributed by atoms with Crippen LogP contribution in [0.1, 0.15) is 27.5 Å². The molecule has 2 fully saturated rings. The van der Waals surface area contributed by atoms with Crippen molar-refractivity contribution >= 4 is 40.8 Å². The van der Waals surface area contributed by atoms with Crippen molar-refractivity contribution in [2.75, 3.05) is 17.1 Å². The number of ether oxygens (including phenoxy) is 1. The molecule has 37 heavy (non-hydrogen) atoms. The van der Waals surface area contributed by atoms with E-state index in [1.165, 1.54) is 48.6 Å². The molecule has 0 aliphatic carbocycles. The smallest absolute Gasteiger partial charge is 0.416 e. The third kappa shape index (κ3) is 4.32. The summed E-state index contributed by atoms with van der Waals surface area (Å²) in [6.45, 7) is 0.